The summed E-state index contributed by atoms with van der Waals surface area (Å²) in [6.07, 6.45) is 5.67. The molecule has 136 valence electrons. The smallest absolute Gasteiger partial charge is 0.306 e. The van der Waals surface area contributed by atoms with E-state index in [1.807, 2.05) is 12.2 Å². The molecule has 1 aliphatic rings. The highest BCUT2D eigenvalue weighted by atomic mass is 16.5. The van der Waals surface area contributed by atoms with Gasteiger partial charge >= 0.3 is 5.97 Å². The molecule has 2 amide bonds. The first-order valence-electron chi connectivity index (χ1n) is 8.44. The number of aliphatic hydroxyl groups is 1. The Hall–Kier alpha value is -1.89. The van der Waals surface area contributed by atoms with Crippen molar-refractivity contribution >= 4 is 17.8 Å². The summed E-state index contributed by atoms with van der Waals surface area (Å²) in [7, 11) is 0. The maximum Gasteiger partial charge on any atom is 0.306 e. The van der Waals surface area contributed by atoms with Gasteiger partial charge in [-0.05, 0) is 33.1 Å². The number of rotatable bonds is 4. The number of esters is 1. The van der Waals surface area contributed by atoms with Crippen LogP contribution < -0.4 is 10.6 Å². The van der Waals surface area contributed by atoms with Gasteiger partial charge < -0.3 is 20.5 Å². The van der Waals surface area contributed by atoms with Gasteiger partial charge in [0.1, 0.15) is 6.10 Å². The van der Waals surface area contributed by atoms with Crippen LogP contribution in [-0.4, -0.2) is 48.2 Å². The zero-order valence-corrected chi connectivity index (χ0v) is 14.4. The van der Waals surface area contributed by atoms with Crippen LogP contribution in [-0.2, 0) is 19.1 Å². The molecular formula is C17H28N2O5. The van der Waals surface area contributed by atoms with Crippen molar-refractivity contribution < 1.29 is 24.2 Å². The average Bonchev–Trinajstić information content (AvgIpc) is 2.54. The van der Waals surface area contributed by atoms with Crippen LogP contribution in [0.4, 0.5) is 0 Å². The van der Waals surface area contributed by atoms with Crippen molar-refractivity contribution in [2.75, 3.05) is 13.2 Å². The summed E-state index contributed by atoms with van der Waals surface area (Å²) < 4.78 is 5.21. The van der Waals surface area contributed by atoms with Gasteiger partial charge in [-0.1, -0.05) is 12.2 Å². The van der Waals surface area contributed by atoms with E-state index >= 15 is 0 Å². The Morgan fingerprint density at radius 3 is 2.92 bits per heavy atom. The van der Waals surface area contributed by atoms with Gasteiger partial charge in [-0.2, -0.15) is 0 Å². The third-order valence-electron chi connectivity index (χ3n) is 3.72. The summed E-state index contributed by atoms with van der Waals surface area (Å²) in [4.78, 5) is 35.9. The maximum absolute atomic E-state index is 12.3. The Balaban J connectivity index is 2.67. The van der Waals surface area contributed by atoms with Gasteiger partial charge in [-0.15, -0.1) is 0 Å². The molecule has 0 fully saturated rings. The average molecular weight is 340 g/mol. The van der Waals surface area contributed by atoms with Gasteiger partial charge in [0.05, 0.1) is 19.1 Å². The summed E-state index contributed by atoms with van der Waals surface area (Å²) in [5, 5.41) is 14.4. The predicted octanol–water partition coefficient (Wildman–Crippen LogP) is 0.668. The number of aliphatic hydroxyl groups excluding tert-OH is 1. The Morgan fingerprint density at radius 1 is 1.46 bits per heavy atom. The van der Waals surface area contributed by atoms with Crippen LogP contribution in [0, 0.1) is 5.92 Å². The van der Waals surface area contributed by atoms with Crippen molar-refractivity contribution in [1.29, 1.82) is 0 Å². The number of carbonyl (C=O) groups is 3. The molecule has 0 aromatic rings. The van der Waals surface area contributed by atoms with Crippen molar-refractivity contribution in [2.45, 2.75) is 58.1 Å². The van der Waals surface area contributed by atoms with Gasteiger partial charge in [-0.25, -0.2) is 0 Å². The molecule has 0 saturated carbocycles. The molecule has 3 N–H and O–H groups in total. The molecule has 0 aromatic heterocycles. The summed E-state index contributed by atoms with van der Waals surface area (Å²) >= 11 is 0. The van der Waals surface area contributed by atoms with Crippen molar-refractivity contribution in [1.82, 2.24) is 10.6 Å². The zero-order chi connectivity index (χ0) is 17.9. The quantitative estimate of drug-likeness (QED) is 0.515. The minimum atomic E-state index is -0.490. The lowest BCUT2D eigenvalue weighted by Crippen LogP contribution is -2.41. The highest BCUT2D eigenvalue weighted by Crippen LogP contribution is 2.12. The molecule has 1 heterocycles. The van der Waals surface area contributed by atoms with E-state index in [0.29, 0.717) is 19.3 Å². The number of hydrogen-bond acceptors (Lipinski definition) is 5. The second-order valence-corrected chi connectivity index (χ2v) is 6.20. The minimum absolute atomic E-state index is 0.0503. The third kappa shape index (κ3) is 8.10. The molecule has 0 saturated heterocycles. The molecule has 0 aromatic carbocycles. The van der Waals surface area contributed by atoms with Crippen LogP contribution in [0.1, 0.15) is 46.0 Å². The standard InChI is InChI=1S/C17H28N2O5/c1-12(11-20)19-15(21)9-14-7-5-3-4-6-8-16(22)24-13(2)10-18-17(14)23/h3,5,12-14,20H,4,6-11H2,1-2H3,(H,18,23)(H,19,21)/t12-,13+,14-/m1/s1. The first-order chi connectivity index (χ1) is 11.4. The lowest BCUT2D eigenvalue weighted by molar-refractivity contribution is -0.148. The first kappa shape index (κ1) is 20.2. The Kier molecular flexibility index (Phi) is 9.07. The highest BCUT2D eigenvalue weighted by Gasteiger charge is 2.22. The van der Waals surface area contributed by atoms with E-state index in [-0.39, 0.29) is 43.4 Å². The van der Waals surface area contributed by atoms with Crippen molar-refractivity contribution in [2.24, 2.45) is 5.92 Å². The predicted molar refractivity (Wildman–Crippen MR) is 89.0 cm³/mol. The molecule has 1 rings (SSSR count). The molecule has 3 atom stereocenters. The van der Waals surface area contributed by atoms with E-state index in [2.05, 4.69) is 10.6 Å². The second-order valence-electron chi connectivity index (χ2n) is 6.20. The molecule has 24 heavy (non-hydrogen) atoms. The lowest BCUT2D eigenvalue weighted by Gasteiger charge is -2.19. The Morgan fingerprint density at radius 2 is 2.21 bits per heavy atom. The van der Waals surface area contributed by atoms with Gasteiger partial charge in [-0.3, -0.25) is 14.4 Å². The molecule has 1 aliphatic heterocycles. The molecule has 0 aliphatic carbocycles. The Bertz CT molecular complexity index is 464. The van der Waals surface area contributed by atoms with Crippen LogP contribution in [0.2, 0.25) is 0 Å². The summed E-state index contributed by atoms with van der Waals surface area (Å²) in [6, 6.07) is -0.342. The minimum Gasteiger partial charge on any atom is -0.461 e. The third-order valence-corrected chi connectivity index (χ3v) is 3.72. The largest absolute Gasteiger partial charge is 0.461 e. The molecule has 7 heteroatoms. The van der Waals surface area contributed by atoms with Crippen LogP contribution in [0.5, 0.6) is 0 Å². The second kappa shape index (κ2) is 10.8. The van der Waals surface area contributed by atoms with Crippen LogP contribution >= 0.6 is 0 Å². The summed E-state index contributed by atoms with van der Waals surface area (Å²) in [6.45, 7) is 3.49. The van der Waals surface area contributed by atoms with Crippen LogP contribution in [0.15, 0.2) is 12.2 Å². The molecule has 0 spiro atoms. The normalized spacial score (nSPS) is 24.6. The maximum atomic E-state index is 12.3. The monoisotopic (exact) mass is 340 g/mol. The molecule has 0 radical (unpaired) electrons. The number of amides is 2. The van der Waals surface area contributed by atoms with E-state index in [4.69, 9.17) is 9.84 Å². The topological polar surface area (TPSA) is 105 Å². The number of cyclic esters (lactones) is 1. The van der Waals surface area contributed by atoms with Crippen molar-refractivity contribution in [3.63, 3.8) is 0 Å². The molecule has 0 bridgehead atoms. The fraction of sp³-hybridized carbons (Fsp3) is 0.706. The highest BCUT2D eigenvalue weighted by molar-refractivity contribution is 5.86. The number of hydrogen-bond donors (Lipinski definition) is 3. The van der Waals surface area contributed by atoms with Crippen molar-refractivity contribution in [3.8, 4) is 0 Å². The number of ether oxygens (including phenoxy) is 1. The van der Waals surface area contributed by atoms with E-state index in [9.17, 15) is 14.4 Å². The van der Waals surface area contributed by atoms with Crippen LogP contribution in [0.3, 0.4) is 0 Å². The van der Waals surface area contributed by atoms with Gasteiger partial charge in [0.15, 0.2) is 0 Å². The number of nitrogens with one attached hydrogen (secondary N) is 2. The summed E-state index contributed by atoms with van der Waals surface area (Å²) in [5.74, 6) is -1.27. The lowest BCUT2D eigenvalue weighted by atomic mass is 9.98. The molecular weight excluding hydrogens is 312 g/mol. The Labute approximate surface area is 142 Å². The zero-order valence-electron chi connectivity index (χ0n) is 14.4. The van der Waals surface area contributed by atoms with E-state index in [0.717, 1.165) is 6.42 Å². The number of carbonyl (C=O) groups excluding carboxylic acids is 3. The van der Waals surface area contributed by atoms with Gasteiger partial charge in [0, 0.05) is 18.9 Å². The van der Waals surface area contributed by atoms with E-state index < -0.39 is 12.0 Å². The van der Waals surface area contributed by atoms with Gasteiger partial charge in [0.2, 0.25) is 11.8 Å². The van der Waals surface area contributed by atoms with E-state index in [1.165, 1.54) is 0 Å². The fourth-order valence-electron chi connectivity index (χ4n) is 2.34. The SMILES string of the molecule is C[C@H](CO)NC(=O)C[C@H]1CC=CCCCC(=O)O[C@@H](C)CNC1=O. The number of allylic oxidation sites excluding steroid dienone is 2. The summed E-state index contributed by atoms with van der Waals surface area (Å²) in [5.41, 5.74) is 0. The molecule has 0 unspecified atom stereocenters. The van der Waals surface area contributed by atoms with Gasteiger partial charge in [0.25, 0.3) is 0 Å². The fourth-order valence-corrected chi connectivity index (χ4v) is 2.34. The van der Waals surface area contributed by atoms with Crippen molar-refractivity contribution in [3.05, 3.63) is 12.2 Å². The van der Waals surface area contributed by atoms with Crippen LogP contribution in [0.25, 0.3) is 0 Å². The first-order valence-corrected chi connectivity index (χ1v) is 8.44. The van der Waals surface area contributed by atoms with E-state index in [1.54, 1.807) is 13.8 Å². The molecule has 7 nitrogen and oxygen atoms in total.